The zero-order valence-electron chi connectivity index (χ0n) is 13.5. The highest BCUT2D eigenvalue weighted by Crippen LogP contribution is 2.35. The van der Waals surface area contributed by atoms with Crippen molar-refractivity contribution in [1.29, 1.82) is 0 Å². The van der Waals surface area contributed by atoms with E-state index in [0.717, 1.165) is 5.56 Å². The minimum absolute atomic E-state index is 0.131. The van der Waals surface area contributed by atoms with E-state index in [0.29, 0.717) is 12.8 Å². The summed E-state index contributed by atoms with van der Waals surface area (Å²) in [6.07, 6.45) is 1.28. The SMILES string of the molecule is OCCc1cccc2c1cc(CCO)c1c3ccccc3ccc21. The summed E-state index contributed by atoms with van der Waals surface area (Å²) in [6, 6.07) is 21.2. The molecule has 0 aliphatic rings. The van der Waals surface area contributed by atoms with Gasteiger partial charge in [0, 0.05) is 13.2 Å². The van der Waals surface area contributed by atoms with Crippen LogP contribution in [0.5, 0.6) is 0 Å². The Bertz CT molecular complexity index is 1030. The summed E-state index contributed by atoms with van der Waals surface area (Å²) in [7, 11) is 0. The summed E-state index contributed by atoms with van der Waals surface area (Å²) in [5, 5.41) is 26.2. The van der Waals surface area contributed by atoms with Crippen LogP contribution >= 0.6 is 0 Å². The van der Waals surface area contributed by atoms with Gasteiger partial charge in [-0.25, -0.2) is 0 Å². The van der Waals surface area contributed by atoms with Crippen molar-refractivity contribution < 1.29 is 10.2 Å². The zero-order valence-corrected chi connectivity index (χ0v) is 13.5. The average Bonchev–Trinajstić information content (AvgIpc) is 2.62. The first-order valence-electron chi connectivity index (χ1n) is 8.40. The summed E-state index contributed by atoms with van der Waals surface area (Å²) < 4.78 is 0. The molecule has 0 bridgehead atoms. The Morgan fingerprint density at radius 1 is 0.583 bits per heavy atom. The standard InChI is InChI=1S/C22H20O2/c23-12-10-16-5-3-7-19-20-9-8-15-4-1-2-6-18(15)22(20)17(11-13-24)14-21(16)19/h1-9,14,23-24H,10-13H2. The Labute approximate surface area is 141 Å². The van der Waals surface area contributed by atoms with Gasteiger partial charge in [0.1, 0.15) is 0 Å². The number of fused-ring (bicyclic) bond motifs is 5. The maximum absolute atomic E-state index is 9.56. The summed E-state index contributed by atoms with van der Waals surface area (Å²) in [5.74, 6) is 0. The van der Waals surface area contributed by atoms with Gasteiger partial charge in [0.05, 0.1) is 0 Å². The van der Waals surface area contributed by atoms with Crippen LogP contribution in [0.25, 0.3) is 32.3 Å². The van der Waals surface area contributed by atoms with Crippen molar-refractivity contribution in [3.63, 3.8) is 0 Å². The number of benzene rings is 4. The molecule has 0 saturated carbocycles. The van der Waals surface area contributed by atoms with Gasteiger partial charge < -0.3 is 10.2 Å². The van der Waals surface area contributed by atoms with Crippen molar-refractivity contribution in [3.8, 4) is 0 Å². The molecule has 0 aliphatic carbocycles. The van der Waals surface area contributed by atoms with Crippen molar-refractivity contribution in [2.24, 2.45) is 0 Å². The van der Waals surface area contributed by atoms with Crippen LogP contribution in [0.15, 0.2) is 60.7 Å². The third-order valence-electron chi connectivity index (χ3n) is 4.82. The van der Waals surface area contributed by atoms with Crippen molar-refractivity contribution in [2.45, 2.75) is 12.8 Å². The first-order valence-corrected chi connectivity index (χ1v) is 8.40. The van der Waals surface area contributed by atoms with Gasteiger partial charge in [-0.15, -0.1) is 0 Å². The minimum atomic E-state index is 0.131. The Morgan fingerprint density at radius 2 is 1.33 bits per heavy atom. The number of aliphatic hydroxyl groups excluding tert-OH is 2. The third kappa shape index (κ3) is 2.35. The highest BCUT2D eigenvalue weighted by molar-refractivity contribution is 6.19. The van der Waals surface area contributed by atoms with Crippen molar-refractivity contribution in [2.75, 3.05) is 13.2 Å². The molecule has 4 aromatic carbocycles. The Morgan fingerprint density at radius 3 is 2.17 bits per heavy atom. The second-order valence-corrected chi connectivity index (χ2v) is 6.20. The molecule has 2 heteroatoms. The van der Waals surface area contributed by atoms with E-state index >= 15 is 0 Å². The molecule has 0 unspecified atom stereocenters. The fourth-order valence-corrected chi connectivity index (χ4v) is 3.76. The molecule has 4 rings (SSSR count). The van der Waals surface area contributed by atoms with Crippen LogP contribution in [0.4, 0.5) is 0 Å². The van der Waals surface area contributed by atoms with Gasteiger partial charge in [-0.2, -0.15) is 0 Å². The summed E-state index contributed by atoms with van der Waals surface area (Å²) >= 11 is 0. The summed E-state index contributed by atoms with van der Waals surface area (Å²) in [6.45, 7) is 0.274. The molecule has 0 heterocycles. The summed E-state index contributed by atoms with van der Waals surface area (Å²) in [5.41, 5.74) is 2.33. The average molecular weight is 316 g/mol. The Hall–Kier alpha value is -2.42. The van der Waals surface area contributed by atoms with Crippen molar-refractivity contribution in [1.82, 2.24) is 0 Å². The number of hydrogen-bond acceptors (Lipinski definition) is 2. The molecule has 0 saturated heterocycles. The van der Waals surface area contributed by atoms with E-state index in [1.165, 1.54) is 37.9 Å². The predicted molar refractivity (Wildman–Crippen MR) is 101 cm³/mol. The lowest BCUT2D eigenvalue weighted by molar-refractivity contribution is 0.299. The lowest BCUT2D eigenvalue weighted by Crippen LogP contribution is -1.97. The van der Waals surface area contributed by atoms with Gasteiger partial charge in [0.15, 0.2) is 0 Å². The van der Waals surface area contributed by atoms with Gasteiger partial charge in [-0.05, 0) is 56.3 Å². The highest BCUT2D eigenvalue weighted by atomic mass is 16.3. The lowest BCUT2D eigenvalue weighted by atomic mass is 9.90. The predicted octanol–water partition coefficient (Wildman–Crippen LogP) is 4.22. The topological polar surface area (TPSA) is 40.5 Å². The molecule has 0 aliphatic heterocycles. The first kappa shape index (κ1) is 15.1. The van der Waals surface area contributed by atoms with Crippen LogP contribution in [0.3, 0.4) is 0 Å². The molecule has 120 valence electrons. The normalized spacial score (nSPS) is 11.6. The molecule has 2 N–H and O–H groups in total. The van der Waals surface area contributed by atoms with Gasteiger partial charge in [-0.1, -0.05) is 60.7 Å². The van der Waals surface area contributed by atoms with Gasteiger partial charge in [0.25, 0.3) is 0 Å². The van der Waals surface area contributed by atoms with Gasteiger partial charge >= 0.3 is 0 Å². The lowest BCUT2D eigenvalue weighted by Gasteiger charge is -2.15. The van der Waals surface area contributed by atoms with Crippen LogP contribution in [-0.4, -0.2) is 23.4 Å². The summed E-state index contributed by atoms with van der Waals surface area (Å²) in [4.78, 5) is 0. The molecule has 4 aromatic rings. The fourth-order valence-electron chi connectivity index (χ4n) is 3.76. The van der Waals surface area contributed by atoms with Crippen LogP contribution in [0.2, 0.25) is 0 Å². The number of hydrogen-bond donors (Lipinski definition) is 2. The van der Waals surface area contributed by atoms with E-state index in [2.05, 4.69) is 60.7 Å². The second-order valence-electron chi connectivity index (χ2n) is 6.20. The van der Waals surface area contributed by atoms with Crippen molar-refractivity contribution >= 4 is 32.3 Å². The Balaban J connectivity index is 2.19. The van der Waals surface area contributed by atoms with Crippen LogP contribution in [-0.2, 0) is 12.8 Å². The van der Waals surface area contributed by atoms with Gasteiger partial charge in [0.2, 0.25) is 0 Å². The van der Waals surface area contributed by atoms with E-state index in [4.69, 9.17) is 0 Å². The molecule has 0 radical (unpaired) electrons. The van der Waals surface area contributed by atoms with E-state index in [1.807, 2.05) is 0 Å². The smallest absolute Gasteiger partial charge is 0.0471 e. The maximum Gasteiger partial charge on any atom is 0.0471 e. The van der Waals surface area contributed by atoms with E-state index in [9.17, 15) is 10.2 Å². The van der Waals surface area contributed by atoms with Crippen molar-refractivity contribution in [3.05, 3.63) is 71.8 Å². The first-order chi connectivity index (χ1) is 11.8. The van der Waals surface area contributed by atoms with Crippen LogP contribution in [0, 0.1) is 0 Å². The molecule has 0 spiro atoms. The fraction of sp³-hybridized carbons (Fsp3) is 0.182. The quantitative estimate of drug-likeness (QED) is 0.554. The molecular formula is C22H20O2. The van der Waals surface area contributed by atoms with Crippen LogP contribution < -0.4 is 0 Å². The molecule has 0 fully saturated rings. The molecule has 0 amide bonds. The largest absolute Gasteiger partial charge is 0.396 e. The molecule has 0 atom stereocenters. The van der Waals surface area contributed by atoms with E-state index in [-0.39, 0.29) is 13.2 Å². The molecule has 2 nitrogen and oxygen atoms in total. The monoisotopic (exact) mass is 316 g/mol. The molecule has 0 aromatic heterocycles. The third-order valence-corrected chi connectivity index (χ3v) is 4.82. The van der Waals surface area contributed by atoms with E-state index < -0.39 is 0 Å². The Kier molecular flexibility index (Phi) is 3.93. The van der Waals surface area contributed by atoms with Gasteiger partial charge in [-0.3, -0.25) is 0 Å². The molecule has 24 heavy (non-hydrogen) atoms. The molecular weight excluding hydrogens is 296 g/mol. The van der Waals surface area contributed by atoms with E-state index in [1.54, 1.807) is 0 Å². The minimum Gasteiger partial charge on any atom is -0.396 e. The highest BCUT2D eigenvalue weighted by Gasteiger charge is 2.11. The number of aliphatic hydroxyl groups is 2. The van der Waals surface area contributed by atoms with Crippen LogP contribution in [0.1, 0.15) is 11.1 Å². The maximum atomic E-state index is 9.56. The number of rotatable bonds is 4. The second kappa shape index (κ2) is 6.23. The zero-order chi connectivity index (χ0) is 16.5.